The molecule has 0 aliphatic heterocycles. The van der Waals surface area contributed by atoms with Gasteiger partial charge in [0.25, 0.3) is 0 Å². The number of rotatable bonds is 0. The molecule has 0 fully saturated rings. The third-order valence-electron chi connectivity index (χ3n) is 0. The summed E-state index contributed by atoms with van der Waals surface area (Å²) in [5.74, 6) is 0. The summed E-state index contributed by atoms with van der Waals surface area (Å²) in [7, 11) is 0. The van der Waals surface area contributed by atoms with Gasteiger partial charge >= 0.3 is 31.1 Å². The molecule has 0 aromatic heterocycles. The Hall–Kier alpha value is -0.0881. The first-order valence-corrected chi connectivity index (χ1v) is 0.943. The topological polar surface area (TPSA) is 143 Å². The van der Waals surface area contributed by atoms with Crippen molar-refractivity contribution in [3.05, 3.63) is 0 Å². The minimum Gasteiger partial charge on any atom is -0.554 e. The quantitative estimate of drug-likeness (QED) is 0.397. The number of carbonyl (C=O) groups is 2. The second-order valence-corrected chi connectivity index (χ2v) is 0.192. The SMILES string of the molecule is O.O.O=C[O-].O=C[O-].[U+2]. The van der Waals surface area contributed by atoms with Crippen LogP contribution < -0.4 is 10.2 Å². The Kier molecular flexibility index (Phi) is 419. The van der Waals surface area contributed by atoms with Gasteiger partial charge in [-0.2, -0.15) is 0 Å². The minimum atomic E-state index is -0.500. The van der Waals surface area contributed by atoms with E-state index >= 15 is 0 Å². The summed E-state index contributed by atoms with van der Waals surface area (Å²) in [5.41, 5.74) is 0. The summed E-state index contributed by atoms with van der Waals surface area (Å²) < 4.78 is 0. The first kappa shape index (κ1) is 36.5. The van der Waals surface area contributed by atoms with Crippen molar-refractivity contribution < 1.29 is 61.9 Å². The molecule has 0 aliphatic rings. The number of carboxylic acid groups (broad SMARTS) is 2. The standard InChI is InChI=1S/2CH2O2.2H2O.U/c2*2-1-3;;;/h2*1H,(H,2,3);2*1H2;/q;;;;+2/p-2. The summed E-state index contributed by atoms with van der Waals surface area (Å²) in [6, 6.07) is 0. The molecule has 0 radical (unpaired) electrons. The molecule has 0 amide bonds. The van der Waals surface area contributed by atoms with E-state index in [0.29, 0.717) is 0 Å². The summed E-state index contributed by atoms with van der Waals surface area (Å²) >= 11 is 0. The van der Waals surface area contributed by atoms with Gasteiger partial charge in [0.2, 0.25) is 0 Å². The summed E-state index contributed by atoms with van der Waals surface area (Å²) in [6.45, 7) is -1.00. The molecule has 0 aromatic carbocycles. The Labute approximate surface area is 74.9 Å². The van der Waals surface area contributed by atoms with Gasteiger partial charge < -0.3 is 30.8 Å². The molecule has 6 nitrogen and oxygen atoms in total. The zero-order valence-corrected chi connectivity index (χ0v) is 8.45. The van der Waals surface area contributed by atoms with Gasteiger partial charge in [0.1, 0.15) is 0 Å². The van der Waals surface area contributed by atoms with Crippen molar-refractivity contribution in [1.82, 2.24) is 0 Å². The van der Waals surface area contributed by atoms with E-state index in [1.54, 1.807) is 0 Å². The molecule has 0 atom stereocenters. The fourth-order valence-corrected chi connectivity index (χ4v) is 0. The van der Waals surface area contributed by atoms with Crippen LogP contribution in [0.15, 0.2) is 0 Å². The van der Waals surface area contributed by atoms with Gasteiger partial charge in [-0.15, -0.1) is 0 Å². The van der Waals surface area contributed by atoms with E-state index in [-0.39, 0.29) is 42.1 Å². The average molecular weight is 364 g/mol. The van der Waals surface area contributed by atoms with E-state index in [1.807, 2.05) is 0 Å². The number of carbonyl (C=O) groups excluding carboxylic acids is 2. The summed E-state index contributed by atoms with van der Waals surface area (Å²) in [6.07, 6.45) is 0. The molecule has 7 heteroatoms. The van der Waals surface area contributed by atoms with Crippen LogP contribution in [0.25, 0.3) is 0 Å². The van der Waals surface area contributed by atoms with Gasteiger partial charge in [0.05, 0.1) is 0 Å². The second-order valence-electron chi connectivity index (χ2n) is 0.192. The molecule has 0 unspecified atom stereocenters. The molecule has 9 heavy (non-hydrogen) atoms. The monoisotopic (exact) mass is 364 g/mol. The maximum atomic E-state index is 8.25. The predicted molar refractivity (Wildman–Crippen MR) is 19.4 cm³/mol. The molecule has 0 spiro atoms. The van der Waals surface area contributed by atoms with Crippen LogP contribution in [0, 0.1) is 31.1 Å². The molecule has 0 saturated carbocycles. The van der Waals surface area contributed by atoms with Crippen molar-refractivity contribution in [2.75, 3.05) is 0 Å². The van der Waals surface area contributed by atoms with E-state index in [1.165, 1.54) is 0 Å². The third kappa shape index (κ3) is 35700. The van der Waals surface area contributed by atoms with Crippen LogP contribution in [-0.2, 0) is 9.59 Å². The largest absolute Gasteiger partial charge is 2.00 e. The Bertz CT molecular complexity index is 32.0. The van der Waals surface area contributed by atoms with Crippen molar-refractivity contribution in [2.24, 2.45) is 0 Å². The maximum absolute atomic E-state index is 8.25. The van der Waals surface area contributed by atoms with Gasteiger partial charge in [-0.05, 0) is 0 Å². The zero-order valence-electron chi connectivity index (χ0n) is 4.29. The Morgan fingerprint density at radius 2 is 0.889 bits per heavy atom. The number of hydrogen-bond acceptors (Lipinski definition) is 4. The Morgan fingerprint density at radius 3 is 0.889 bits per heavy atom. The first-order valence-electron chi connectivity index (χ1n) is 0.943. The smallest absolute Gasteiger partial charge is 0.554 e. The molecule has 54 valence electrons. The van der Waals surface area contributed by atoms with Gasteiger partial charge in [-0.1, -0.05) is 0 Å². The van der Waals surface area contributed by atoms with E-state index in [2.05, 4.69) is 0 Å². The van der Waals surface area contributed by atoms with E-state index in [0.717, 1.165) is 0 Å². The summed E-state index contributed by atoms with van der Waals surface area (Å²) in [5, 5.41) is 16.5. The molecule has 0 heterocycles. The summed E-state index contributed by atoms with van der Waals surface area (Å²) in [4.78, 5) is 16.5. The molecular formula is C2H6O6U. The normalized spacial score (nSPS) is 2.67. The third-order valence-corrected chi connectivity index (χ3v) is 0. The van der Waals surface area contributed by atoms with Crippen LogP contribution in [-0.4, -0.2) is 23.9 Å². The van der Waals surface area contributed by atoms with Gasteiger partial charge in [0, 0.05) is 12.9 Å². The van der Waals surface area contributed by atoms with Gasteiger partial charge in [-0.25, -0.2) is 0 Å². The average Bonchev–Trinajstić information content (AvgIpc) is 1.39. The fraction of sp³-hybridized carbons (Fsp3) is 0. The molecular weight excluding hydrogens is 358 g/mol. The Balaban J connectivity index is -0.00000000889. The molecule has 0 aliphatic carbocycles. The van der Waals surface area contributed by atoms with E-state index in [9.17, 15) is 0 Å². The van der Waals surface area contributed by atoms with Crippen molar-refractivity contribution in [2.45, 2.75) is 0 Å². The van der Waals surface area contributed by atoms with Crippen LogP contribution in [0.3, 0.4) is 0 Å². The van der Waals surface area contributed by atoms with E-state index in [4.69, 9.17) is 19.8 Å². The van der Waals surface area contributed by atoms with Crippen LogP contribution in [0.4, 0.5) is 0 Å². The van der Waals surface area contributed by atoms with Crippen molar-refractivity contribution in [3.63, 3.8) is 0 Å². The van der Waals surface area contributed by atoms with Gasteiger partial charge in [0.15, 0.2) is 0 Å². The van der Waals surface area contributed by atoms with Crippen LogP contribution in [0.5, 0.6) is 0 Å². The molecule has 0 aromatic rings. The van der Waals surface area contributed by atoms with Crippen molar-refractivity contribution in [1.29, 1.82) is 0 Å². The number of hydrogen-bond donors (Lipinski definition) is 0. The van der Waals surface area contributed by atoms with Crippen molar-refractivity contribution in [3.8, 4) is 0 Å². The van der Waals surface area contributed by atoms with Crippen molar-refractivity contribution >= 4 is 12.9 Å². The Morgan fingerprint density at radius 1 is 0.889 bits per heavy atom. The van der Waals surface area contributed by atoms with Crippen LogP contribution >= 0.6 is 0 Å². The molecule has 0 bridgehead atoms. The first-order chi connectivity index (χ1) is 2.83. The van der Waals surface area contributed by atoms with E-state index < -0.39 is 12.9 Å². The minimum absolute atomic E-state index is 0. The van der Waals surface area contributed by atoms with Crippen LogP contribution in [0.2, 0.25) is 0 Å². The molecule has 4 N–H and O–H groups in total. The molecule has 0 rings (SSSR count). The molecule has 0 saturated heterocycles. The zero-order chi connectivity index (χ0) is 5.41. The predicted octanol–water partition coefficient (Wildman–Crippen LogP) is -4.92. The van der Waals surface area contributed by atoms with Crippen LogP contribution in [0.1, 0.15) is 0 Å². The van der Waals surface area contributed by atoms with Gasteiger partial charge in [-0.3, -0.25) is 0 Å². The second kappa shape index (κ2) is 103. The fourth-order valence-electron chi connectivity index (χ4n) is 0. The maximum Gasteiger partial charge on any atom is 2.00 e.